The van der Waals surface area contributed by atoms with Crippen LogP contribution in [0.25, 0.3) is 11.4 Å². The van der Waals surface area contributed by atoms with Crippen molar-refractivity contribution in [3.05, 3.63) is 82.7 Å². The van der Waals surface area contributed by atoms with E-state index in [-0.39, 0.29) is 5.92 Å². The molecule has 0 bridgehead atoms. The van der Waals surface area contributed by atoms with Crippen LogP contribution in [0.1, 0.15) is 48.1 Å². The minimum Gasteiger partial charge on any atom is -0.481 e. The van der Waals surface area contributed by atoms with Crippen LogP contribution in [0, 0.1) is 12.8 Å². The van der Waals surface area contributed by atoms with Crippen molar-refractivity contribution in [1.29, 1.82) is 0 Å². The molecule has 1 aromatic heterocycles. The van der Waals surface area contributed by atoms with Gasteiger partial charge in [0, 0.05) is 31.0 Å². The molecule has 0 saturated carbocycles. The molecule has 1 saturated heterocycles. The SMILES string of the molecule is CCc1cc(/C(C)=N/OCc2ccc(-c3ncccn3)c(C)c2)ccc1CN1CC[C@H](C(=O)O)C1. The molecule has 1 atom stereocenters. The first-order chi connectivity index (χ1) is 16.9. The minimum absolute atomic E-state index is 0.252. The normalized spacial score (nSPS) is 16.4. The molecule has 0 aliphatic carbocycles. The lowest BCUT2D eigenvalue weighted by molar-refractivity contribution is -0.141. The summed E-state index contributed by atoms with van der Waals surface area (Å²) in [6, 6.07) is 14.3. The molecule has 0 radical (unpaired) electrons. The van der Waals surface area contributed by atoms with Crippen molar-refractivity contribution in [2.45, 2.75) is 46.8 Å². The number of likely N-dealkylation sites (tertiary alicyclic amines) is 1. The van der Waals surface area contributed by atoms with E-state index in [1.165, 1.54) is 11.1 Å². The van der Waals surface area contributed by atoms with E-state index in [0.717, 1.165) is 53.9 Å². The highest BCUT2D eigenvalue weighted by molar-refractivity contribution is 5.98. The van der Waals surface area contributed by atoms with Crippen LogP contribution in [-0.4, -0.2) is 44.7 Å². The molecule has 1 aliphatic heterocycles. The van der Waals surface area contributed by atoms with E-state index in [4.69, 9.17) is 4.84 Å². The van der Waals surface area contributed by atoms with Crippen LogP contribution >= 0.6 is 0 Å². The van der Waals surface area contributed by atoms with Crippen LogP contribution in [-0.2, 0) is 29.2 Å². The van der Waals surface area contributed by atoms with E-state index in [2.05, 4.69) is 51.2 Å². The predicted molar refractivity (Wildman–Crippen MR) is 136 cm³/mol. The van der Waals surface area contributed by atoms with E-state index < -0.39 is 5.97 Å². The Hall–Kier alpha value is -3.58. The molecule has 4 rings (SSSR count). The third-order valence-corrected chi connectivity index (χ3v) is 6.55. The zero-order valence-corrected chi connectivity index (χ0v) is 20.6. The van der Waals surface area contributed by atoms with E-state index in [1.54, 1.807) is 12.4 Å². The van der Waals surface area contributed by atoms with Gasteiger partial charge in [0.25, 0.3) is 0 Å². The van der Waals surface area contributed by atoms with E-state index in [9.17, 15) is 9.90 Å². The van der Waals surface area contributed by atoms with Crippen molar-refractivity contribution in [3.8, 4) is 11.4 Å². The molecule has 1 fully saturated rings. The molecule has 2 aromatic carbocycles. The summed E-state index contributed by atoms with van der Waals surface area (Å²) < 4.78 is 0. The van der Waals surface area contributed by atoms with E-state index in [1.807, 2.05) is 32.0 Å². The molecule has 1 N–H and O–H groups in total. The maximum absolute atomic E-state index is 11.3. The van der Waals surface area contributed by atoms with Gasteiger partial charge >= 0.3 is 5.97 Å². The molecular formula is C28H32N4O3. The summed E-state index contributed by atoms with van der Waals surface area (Å²) in [5.74, 6) is -0.229. The Morgan fingerprint density at radius 3 is 2.66 bits per heavy atom. The van der Waals surface area contributed by atoms with Gasteiger partial charge in [0.1, 0.15) is 6.61 Å². The van der Waals surface area contributed by atoms with Gasteiger partial charge in [0.15, 0.2) is 5.82 Å². The number of hydrogen-bond donors (Lipinski definition) is 1. The van der Waals surface area contributed by atoms with Gasteiger partial charge in [0.2, 0.25) is 0 Å². The first-order valence-electron chi connectivity index (χ1n) is 12.1. The Morgan fingerprint density at radius 2 is 1.97 bits per heavy atom. The summed E-state index contributed by atoms with van der Waals surface area (Å²) in [7, 11) is 0. The van der Waals surface area contributed by atoms with Gasteiger partial charge in [-0.2, -0.15) is 0 Å². The Kier molecular flexibility index (Phi) is 7.87. The molecular weight excluding hydrogens is 440 g/mol. The molecule has 2 heterocycles. The monoisotopic (exact) mass is 472 g/mol. The second kappa shape index (κ2) is 11.2. The number of rotatable bonds is 9. The number of nitrogens with zero attached hydrogens (tertiary/aromatic N) is 4. The summed E-state index contributed by atoms with van der Waals surface area (Å²) >= 11 is 0. The second-order valence-corrected chi connectivity index (χ2v) is 9.07. The highest BCUT2D eigenvalue weighted by atomic mass is 16.6. The maximum Gasteiger partial charge on any atom is 0.307 e. The average molecular weight is 473 g/mol. The molecule has 7 nitrogen and oxygen atoms in total. The number of hydrogen-bond acceptors (Lipinski definition) is 6. The lowest BCUT2D eigenvalue weighted by atomic mass is 9.99. The number of carboxylic acid groups (broad SMARTS) is 1. The van der Waals surface area contributed by atoms with Crippen LogP contribution in [0.3, 0.4) is 0 Å². The number of carboxylic acids is 1. The summed E-state index contributed by atoms with van der Waals surface area (Å²) in [5, 5.41) is 13.6. The van der Waals surface area contributed by atoms with Crippen LogP contribution < -0.4 is 0 Å². The fourth-order valence-corrected chi connectivity index (χ4v) is 4.51. The van der Waals surface area contributed by atoms with Crippen molar-refractivity contribution < 1.29 is 14.7 Å². The Labute approximate surface area is 206 Å². The standard InChI is InChI=1S/C28H32N4O3/c1-4-22-15-23(7-8-24(22)16-32-13-10-25(17-32)28(33)34)20(3)31-35-18-21-6-9-26(19(2)14-21)27-29-11-5-12-30-27/h5-9,11-12,14-15,25H,4,10,13,16-18H2,1-3H3,(H,33,34)/b31-20+/t25-/m0/s1. The number of benzene rings is 2. The molecule has 3 aromatic rings. The van der Waals surface area contributed by atoms with Crippen LogP contribution in [0.15, 0.2) is 60.0 Å². The summed E-state index contributed by atoms with van der Waals surface area (Å²) in [6.45, 7) is 8.75. The largest absolute Gasteiger partial charge is 0.481 e. The third kappa shape index (κ3) is 6.11. The Morgan fingerprint density at radius 1 is 1.17 bits per heavy atom. The maximum atomic E-state index is 11.3. The number of aromatic nitrogens is 2. The number of aliphatic carboxylic acids is 1. The van der Waals surface area contributed by atoms with Crippen molar-refractivity contribution >= 4 is 11.7 Å². The minimum atomic E-state index is -0.693. The molecule has 7 heteroatoms. The first-order valence-corrected chi connectivity index (χ1v) is 12.1. The molecule has 182 valence electrons. The fourth-order valence-electron chi connectivity index (χ4n) is 4.51. The molecule has 1 aliphatic rings. The van der Waals surface area contributed by atoms with Gasteiger partial charge in [0.05, 0.1) is 11.6 Å². The lowest BCUT2D eigenvalue weighted by Gasteiger charge is -2.18. The molecule has 0 spiro atoms. The van der Waals surface area contributed by atoms with Gasteiger partial charge in [-0.15, -0.1) is 0 Å². The smallest absolute Gasteiger partial charge is 0.307 e. The molecule has 0 amide bonds. The summed E-state index contributed by atoms with van der Waals surface area (Å²) in [4.78, 5) is 27.8. The van der Waals surface area contributed by atoms with Gasteiger partial charge in [-0.3, -0.25) is 9.69 Å². The van der Waals surface area contributed by atoms with Gasteiger partial charge in [-0.05, 0) is 73.2 Å². The average Bonchev–Trinajstić information content (AvgIpc) is 3.34. The second-order valence-electron chi connectivity index (χ2n) is 9.07. The Bertz CT molecular complexity index is 1210. The summed E-state index contributed by atoms with van der Waals surface area (Å²) in [5.41, 5.74) is 7.49. The number of aryl methyl sites for hydroxylation is 2. The highest BCUT2D eigenvalue weighted by Crippen LogP contribution is 2.23. The van der Waals surface area contributed by atoms with E-state index >= 15 is 0 Å². The van der Waals surface area contributed by atoms with Gasteiger partial charge < -0.3 is 9.94 Å². The van der Waals surface area contributed by atoms with Gasteiger partial charge in [-0.25, -0.2) is 9.97 Å². The first kappa shape index (κ1) is 24.5. The Balaban J connectivity index is 1.38. The predicted octanol–water partition coefficient (Wildman–Crippen LogP) is 4.86. The van der Waals surface area contributed by atoms with Crippen molar-refractivity contribution in [3.63, 3.8) is 0 Å². The molecule has 0 unspecified atom stereocenters. The van der Waals surface area contributed by atoms with Crippen molar-refractivity contribution in [2.75, 3.05) is 13.1 Å². The van der Waals surface area contributed by atoms with Crippen LogP contribution in [0.4, 0.5) is 0 Å². The lowest BCUT2D eigenvalue weighted by Crippen LogP contribution is -2.23. The van der Waals surface area contributed by atoms with Crippen molar-refractivity contribution in [1.82, 2.24) is 14.9 Å². The fraction of sp³-hybridized carbons (Fsp3) is 0.357. The zero-order valence-electron chi connectivity index (χ0n) is 20.6. The highest BCUT2D eigenvalue weighted by Gasteiger charge is 2.28. The van der Waals surface area contributed by atoms with Crippen LogP contribution in [0.5, 0.6) is 0 Å². The summed E-state index contributed by atoms with van der Waals surface area (Å²) in [6.07, 6.45) is 5.12. The quantitative estimate of drug-likeness (QED) is 0.353. The van der Waals surface area contributed by atoms with Crippen molar-refractivity contribution in [2.24, 2.45) is 11.1 Å². The molecule has 35 heavy (non-hydrogen) atoms. The number of oxime groups is 1. The topological polar surface area (TPSA) is 87.9 Å². The van der Waals surface area contributed by atoms with Gasteiger partial charge in [-0.1, -0.05) is 42.4 Å². The zero-order chi connectivity index (χ0) is 24.8. The number of carbonyl (C=O) groups is 1. The third-order valence-electron chi connectivity index (χ3n) is 6.55. The van der Waals surface area contributed by atoms with Crippen LogP contribution in [0.2, 0.25) is 0 Å². The van der Waals surface area contributed by atoms with E-state index in [0.29, 0.717) is 19.0 Å².